The summed E-state index contributed by atoms with van der Waals surface area (Å²) in [6.45, 7) is 0.176. The van der Waals surface area contributed by atoms with E-state index >= 15 is 0 Å². The van der Waals surface area contributed by atoms with E-state index in [0.29, 0.717) is 16.7 Å². The van der Waals surface area contributed by atoms with Crippen LogP contribution in [0.4, 0.5) is 35.1 Å². The zero-order valence-corrected chi connectivity index (χ0v) is 29.8. The molecule has 1 aliphatic rings. The Balaban J connectivity index is 1.92. The van der Waals surface area contributed by atoms with E-state index in [1.165, 1.54) is 31.4 Å². The third-order valence-corrected chi connectivity index (χ3v) is 10.5. The van der Waals surface area contributed by atoms with Crippen LogP contribution in [0.3, 0.4) is 0 Å². The minimum atomic E-state index is -5.12. The normalized spacial score (nSPS) is 17.8. The fraction of sp³-hybridized carbons (Fsp3) is 0.485. The third kappa shape index (κ3) is 10.4. The Bertz CT molecular complexity index is 1840. The SMILES string of the molecule is COc1ccc(CS(=O)(=O)[C@@H]2C[C@@H](C(=O)N[C@H](C(=O)C(F)(F)C(=O)NCC(F)(F)F)C(C)C)N(C(=O)[C@H](C)NC(=O)C(F)(F)c3cccc(F)c3)C2)cc1. The number of amides is 4. The van der Waals surface area contributed by atoms with E-state index in [2.05, 4.69) is 0 Å². The van der Waals surface area contributed by atoms with Gasteiger partial charge < -0.3 is 25.6 Å². The lowest BCUT2D eigenvalue weighted by molar-refractivity contribution is -0.165. The highest BCUT2D eigenvalue weighted by Gasteiger charge is 2.53. The monoisotopic (exact) mass is 800 g/mol. The predicted molar refractivity (Wildman–Crippen MR) is 173 cm³/mol. The van der Waals surface area contributed by atoms with Gasteiger partial charge in [0.1, 0.15) is 30.2 Å². The molecule has 0 aliphatic carbocycles. The number of methoxy groups -OCH3 is 1. The molecule has 298 valence electrons. The van der Waals surface area contributed by atoms with E-state index in [1.807, 2.05) is 5.32 Å². The molecule has 1 fully saturated rings. The van der Waals surface area contributed by atoms with Crippen LogP contribution in [0.1, 0.15) is 38.3 Å². The van der Waals surface area contributed by atoms with Crippen LogP contribution in [0, 0.1) is 11.7 Å². The van der Waals surface area contributed by atoms with E-state index in [9.17, 15) is 67.5 Å². The zero-order valence-electron chi connectivity index (χ0n) is 29.0. The fourth-order valence-corrected chi connectivity index (χ4v) is 7.17. The van der Waals surface area contributed by atoms with Gasteiger partial charge in [0.05, 0.1) is 24.2 Å². The van der Waals surface area contributed by atoms with Gasteiger partial charge in [-0.05, 0) is 49.1 Å². The number of sulfone groups is 1. The molecular weight excluding hydrogens is 764 g/mol. The Morgan fingerprint density at radius 2 is 1.52 bits per heavy atom. The number of rotatable bonds is 15. The van der Waals surface area contributed by atoms with Gasteiger partial charge >= 0.3 is 18.0 Å². The minimum Gasteiger partial charge on any atom is -0.497 e. The van der Waals surface area contributed by atoms with Crippen molar-refractivity contribution in [2.45, 2.75) is 74.3 Å². The molecule has 0 saturated carbocycles. The summed E-state index contributed by atoms with van der Waals surface area (Å²) >= 11 is 0. The van der Waals surface area contributed by atoms with Crippen molar-refractivity contribution in [3.05, 3.63) is 65.5 Å². The van der Waals surface area contributed by atoms with Crippen LogP contribution in [0.5, 0.6) is 5.75 Å². The third-order valence-electron chi connectivity index (χ3n) is 8.36. The summed E-state index contributed by atoms with van der Waals surface area (Å²) in [4.78, 5) is 65.2. The molecule has 0 spiro atoms. The number of hydrogen-bond donors (Lipinski definition) is 3. The number of nitrogens with zero attached hydrogens (tertiary/aromatic N) is 1. The highest BCUT2D eigenvalue weighted by Crippen LogP contribution is 2.31. The van der Waals surface area contributed by atoms with Crippen molar-refractivity contribution in [1.82, 2.24) is 20.9 Å². The number of halogens is 8. The summed E-state index contributed by atoms with van der Waals surface area (Å²) in [5.74, 6) is -21.8. The average Bonchev–Trinajstić information content (AvgIpc) is 3.55. The van der Waals surface area contributed by atoms with Crippen LogP contribution < -0.4 is 20.7 Å². The molecule has 1 aliphatic heterocycles. The van der Waals surface area contributed by atoms with E-state index < -0.39 is 123 Å². The standard InChI is InChI=1S/C33H36F8N4O8S/c1-17(2)25(26(46)33(40,41)29(49)42-16-31(35,36)37)44-27(47)24-13-23(54(51,52)15-19-8-10-22(53-4)11-9-19)14-45(24)28(48)18(3)43-30(50)32(38,39)20-6-5-7-21(34)12-20/h5-12,17-18,23-25H,13-16H2,1-4H3,(H,42,49)(H,43,50)(H,44,47)/t18-,23+,24-,25-/m0/s1. The first-order chi connectivity index (χ1) is 24.8. The van der Waals surface area contributed by atoms with Crippen molar-refractivity contribution in [1.29, 1.82) is 0 Å². The molecule has 0 bridgehead atoms. The summed E-state index contributed by atoms with van der Waals surface area (Å²) in [6.07, 6.45) is -5.84. The van der Waals surface area contributed by atoms with Crippen molar-refractivity contribution in [2.24, 2.45) is 5.92 Å². The minimum absolute atomic E-state index is 0.248. The maximum absolute atomic E-state index is 14.9. The second-order valence-corrected chi connectivity index (χ2v) is 15.0. The van der Waals surface area contributed by atoms with Crippen molar-refractivity contribution < 1.29 is 72.3 Å². The number of likely N-dealkylation sites (tertiary alicyclic amines) is 1. The Labute approximate surface area is 303 Å². The largest absolute Gasteiger partial charge is 0.497 e. The van der Waals surface area contributed by atoms with Gasteiger partial charge in [-0.25, -0.2) is 12.8 Å². The number of Topliss-reactive ketones (excluding diaryl/α,β-unsaturated/α-hetero) is 1. The summed E-state index contributed by atoms with van der Waals surface area (Å²) in [7, 11) is -2.91. The number of ketones is 1. The number of ether oxygens (including phenoxy) is 1. The lowest BCUT2D eigenvalue weighted by atomic mass is 9.94. The van der Waals surface area contributed by atoms with Crippen molar-refractivity contribution >= 4 is 39.2 Å². The lowest BCUT2D eigenvalue weighted by Gasteiger charge is -2.30. The number of hydrogen-bond acceptors (Lipinski definition) is 8. The van der Waals surface area contributed by atoms with E-state index in [-0.39, 0.29) is 5.56 Å². The maximum atomic E-state index is 14.9. The first-order valence-electron chi connectivity index (χ1n) is 16.0. The molecule has 0 aromatic heterocycles. The Morgan fingerprint density at radius 1 is 0.907 bits per heavy atom. The van der Waals surface area contributed by atoms with Crippen LogP contribution >= 0.6 is 0 Å². The molecule has 4 amide bonds. The molecular formula is C33H36F8N4O8S. The van der Waals surface area contributed by atoms with Crippen molar-refractivity contribution in [3.63, 3.8) is 0 Å². The molecule has 21 heteroatoms. The van der Waals surface area contributed by atoms with E-state index in [1.54, 1.807) is 5.32 Å². The molecule has 3 N–H and O–H groups in total. The van der Waals surface area contributed by atoms with Gasteiger partial charge in [-0.3, -0.25) is 24.0 Å². The second kappa shape index (κ2) is 16.7. The summed E-state index contributed by atoms with van der Waals surface area (Å²) < 4.78 is 143. The number of carbonyl (C=O) groups is 5. The van der Waals surface area contributed by atoms with Gasteiger partial charge in [0, 0.05) is 12.1 Å². The highest BCUT2D eigenvalue weighted by atomic mass is 32.2. The van der Waals surface area contributed by atoms with Gasteiger partial charge in [0.2, 0.25) is 17.6 Å². The molecule has 0 unspecified atom stereocenters. The lowest BCUT2D eigenvalue weighted by Crippen LogP contribution is -2.60. The Morgan fingerprint density at radius 3 is 2.06 bits per heavy atom. The van der Waals surface area contributed by atoms with Crippen LogP contribution in [-0.4, -0.2) is 98.4 Å². The summed E-state index contributed by atoms with van der Waals surface area (Å²) in [5.41, 5.74) is -0.825. The Kier molecular flexibility index (Phi) is 13.5. The second-order valence-electron chi connectivity index (χ2n) is 12.8. The number of benzene rings is 2. The quantitative estimate of drug-likeness (QED) is 0.183. The summed E-state index contributed by atoms with van der Waals surface area (Å²) in [5, 5.41) is 2.99. The predicted octanol–water partition coefficient (Wildman–Crippen LogP) is 3.04. The topological polar surface area (TPSA) is 168 Å². The van der Waals surface area contributed by atoms with Crippen LogP contribution in [0.2, 0.25) is 0 Å². The molecule has 0 radical (unpaired) electrons. The molecule has 54 heavy (non-hydrogen) atoms. The molecule has 4 atom stereocenters. The maximum Gasteiger partial charge on any atom is 0.405 e. The summed E-state index contributed by atoms with van der Waals surface area (Å²) in [6, 6.07) is 2.51. The molecule has 2 aromatic carbocycles. The first-order valence-corrected chi connectivity index (χ1v) is 17.7. The van der Waals surface area contributed by atoms with Crippen LogP contribution in [0.15, 0.2) is 48.5 Å². The van der Waals surface area contributed by atoms with Crippen molar-refractivity contribution in [2.75, 3.05) is 20.2 Å². The fourth-order valence-electron chi connectivity index (χ4n) is 5.42. The number of carbonyl (C=O) groups excluding carboxylic acids is 5. The van der Waals surface area contributed by atoms with Crippen LogP contribution in [-0.2, 0) is 45.5 Å². The van der Waals surface area contributed by atoms with Crippen molar-refractivity contribution in [3.8, 4) is 5.75 Å². The van der Waals surface area contributed by atoms with E-state index in [4.69, 9.17) is 4.74 Å². The highest BCUT2D eigenvalue weighted by molar-refractivity contribution is 7.91. The van der Waals surface area contributed by atoms with Gasteiger partial charge in [-0.1, -0.05) is 38.1 Å². The van der Waals surface area contributed by atoms with Gasteiger partial charge in [-0.15, -0.1) is 0 Å². The Hall–Kier alpha value is -4.82. The average molecular weight is 801 g/mol. The van der Waals surface area contributed by atoms with E-state index in [0.717, 1.165) is 44.3 Å². The van der Waals surface area contributed by atoms with Gasteiger partial charge in [0.25, 0.3) is 11.8 Å². The number of alkyl halides is 7. The zero-order chi connectivity index (χ0) is 41.0. The van der Waals surface area contributed by atoms with Crippen LogP contribution in [0.25, 0.3) is 0 Å². The molecule has 12 nitrogen and oxygen atoms in total. The van der Waals surface area contributed by atoms with Gasteiger partial charge in [-0.2, -0.15) is 30.7 Å². The molecule has 3 rings (SSSR count). The first kappa shape index (κ1) is 43.6. The molecule has 2 aromatic rings. The molecule has 1 heterocycles. The smallest absolute Gasteiger partial charge is 0.405 e. The number of nitrogens with one attached hydrogen (secondary N) is 3. The van der Waals surface area contributed by atoms with Gasteiger partial charge in [0.15, 0.2) is 9.84 Å². The molecule has 1 saturated heterocycles.